The Labute approximate surface area is 115 Å². The van der Waals surface area contributed by atoms with Gasteiger partial charge in [-0.15, -0.1) is 0 Å². The summed E-state index contributed by atoms with van der Waals surface area (Å²) < 4.78 is 14.6. The van der Waals surface area contributed by atoms with E-state index >= 15 is 0 Å². The van der Waals surface area contributed by atoms with E-state index in [-0.39, 0.29) is 11.4 Å². The van der Waals surface area contributed by atoms with Crippen molar-refractivity contribution in [1.82, 2.24) is 9.55 Å². The average molecular weight is 268 g/mol. The van der Waals surface area contributed by atoms with Crippen molar-refractivity contribution in [3.05, 3.63) is 70.5 Å². The van der Waals surface area contributed by atoms with E-state index in [1.54, 1.807) is 22.8 Å². The van der Waals surface area contributed by atoms with Gasteiger partial charge in [-0.1, -0.05) is 19.1 Å². The smallest absolute Gasteiger partial charge is 0.265 e. The monoisotopic (exact) mass is 268 g/mol. The van der Waals surface area contributed by atoms with Gasteiger partial charge in [0.25, 0.3) is 5.56 Å². The van der Waals surface area contributed by atoms with E-state index in [4.69, 9.17) is 0 Å². The molecule has 0 fully saturated rings. The number of para-hydroxylation sites is 1. The first-order chi connectivity index (χ1) is 9.70. The lowest BCUT2D eigenvalue weighted by atomic mass is 10.2. The highest BCUT2D eigenvalue weighted by Crippen LogP contribution is 2.13. The summed E-state index contributed by atoms with van der Waals surface area (Å²) in [7, 11) is 0. The molecular weight excluding hydrogens is 255 g/mol. The zero-order valence-corrected chi connectivity index (χ0v) is 11.0. The first kappa shape index (κ1) is 12.5. The van der Waals surface area contributed by atoms with Gasteiger partial charge in [0.2, 0.25) is 0 Å². The van der Waals surface area contributed by atoms with Gasteiger partial charge in [-0.05, 0) is 36.4 Å². The quantitative estimate of drug-likeness (QED) is 0.716. The molecule has 4 heteroatoms. The molecule has 2 aromatic carbocycles. The second-order valence-electron chi connectivity index (χ2n) is 4.52. The van der Waals surface area contributed by atoms with Gasteiger partial charge in [0.05, 0.1) is 16.6 Å². The number of aromatic nitrogens is 2. The molecule has 3 aromatic rings. The number of aryl methyl sites for hydroxylation is 1. The van der Waals surface area contributed by atoms with E-state index in [1.807, 2.05) is 25.1 Å². The summed E-state index contributed by atoms with van der Waals surface area (Å²) in [6.45, 7) is 1.94. The van der Waals surface area contributed by atoms with Crippen LogP contribution in [0, 0.1) is 5.82 Å². The maximum absolute atomic E-state index is 13.0. The molecule has 3 nitrogen and oxygen atoms in total. The zero-order chi connectivity index (χ0) is 14.1. The summed E-state index contributed by atoms with van der Waals surface area (Å²) in [5.74, 6) is 0.342. The summed E-state index contributed by atoms with van der Waals surface area (Å²) in [5, 5.41) is 0.564. The lowest BCUT2D eigenvalue weighted by molar-refractivity contribution is 0.627. The molecule has 0 spiro atoms. The fraction of sp³-hybridized carbons (Fsp3) is 0.125. The lowest BCUT2D eigenvalue weighted by Gasteiger charge is -2.12. The summed E-state index contributed by atoms with van der Waals surface area (Å²) >= 11 is 0. The van der Waals surface area contributed by atoms with Gasteiger partial charge >= 0.3 is 0 Å². The molecule has 0 aliphatic carbocycles. The van der Waals surface area contributed by atoms with Crippen molar-refractivity contribution >= 4 is 10.9 Å². The molecule has 1 heterocycles. The molecule has 0 saturated carbocycles. The minimum Gasteiger partial charge on any atom is -0.268 e. The van der Waals surface area contributed by atoms with Crippen LogP contribution in [-0.2, 0) is 6.42 Å². The number of rotatable bonds is 2. The van der Waals surface area contributed by atoms with E-state index in [0.717, 1.165) is 0 Å². The SMILES string of the molecule is CCc1nc2ccccc2c(=O)n1-c1ccc(F)cc1. The van der Waals surface area contributed by atoms with E-state index in [1.165, 1.54) is 12.1 Å². The highest BCUT2D eigenvalue weighted by Gasteiger charge is 2.11. The minimum atomic E-state index is -0.325. The minimum absolute atomic E-state index is 0.126. The topological polar surface area (TPSA) is 34.9 Å². The Kier molecular flexibility index (Phi) is 3.06. The number of nitrogens with zero attached hydrogens (tertiary/aromatic N) is 2. The molecule has 100 valence electrons. The van der Waals surface area contributed by atoms with E-state index in [0.29, 0.717) is 28.8 Å². The second kappa shape index (κ2) is 4.89. The maximum Gasteiger partial charge on any atom is 0.265 e. The van der Waals surface area contributed by atoms with Crippen LogP contribution < -0.4 is 5.56 Å². The lowest BCUT2D eigenvalue weighted by Crippen LogP contribution is -2.23. The van der Waals surface area contributed by atoms with Crippen LogP contribution in [0.25, 0.3) is 16.6 Å². The largest absolute Gasteiger partial charge is 0.268 e. The first-order valence-corrected chi connectivity index (χ1v) is 6.47. The van der Waals surface area contributed by atoms with Crippen LogP contribution >= 0.6 is 0 Å². The molecule has 0 N–H and O–H groups in total. The van der Waals surface area contributed by atoms with Crippen LogP contribution in [0.2, 0.25) is 0 Å². The van der Waals surface area contributed by atoms with Crippen molar-refractivity contribution in [2.75, 3.05) is 0 Å². The molecule has 0 radical (unpaired) electrons. The zero-order valence-electron chi connectivity index (χ0n) is 11.0. The van der Waals surface area contributed by atoms with Crippen molar-refractivity contribution in [2.24, 2.45) is 0 Å². The fourth-order valence-corrected chi connectivity index (χ4v) is 2.27. The van der Waals surface area contributed by atoms with Gasteiger partial charge in [-0.25, -0.2) is 9.37 Å². The van der Waals surface area contributed by atoms with Crippen LogP contribution in [-0.4, -0.2) is 9.55 Å². The molecule has 0 aliphatic rings. The molecular formula is C16H13FN2O. The van der Waals surface area contributed by atoms with Gasteiger partial charge in [-0.2, -0.15) is 0 Å². The first-order valence-electron chi connectivity index (χ1n) is 6.47. The van der Waals surface area contributed by atoms with Crippen molar-refractivity contribution in [3.63, 3.8) is 0 Å². The number of hydrogen-bond acceptors (Lipinski definition) is 2. The molecule has 20 heavy (non-hydrogen) atoms. The van der Waals surface area contributed by atoms with Gasteiger partial charge in [0.1, 0.15) is 11.6 Å². The van der Waals surface area contributed by atoms with Crippen molar-refractivity contribution in [2.45, 2.75) is 13.3 Å². The Morgan fingerprint density at radius 2 is 1.80 bits per heavy atom. The van der Waals surface area contributed by atoms with Gasteiger partial charge in [-0.3, -0.25) is 9.36 Å². The van der Waals surface area contributed by atoms with Gasteiger partial charge < -0.3 is 0 Å². The summed E-state index contributed by atoms with van der Waals surface area (Å²) in [6, 6.07) is 13.1. The summed E-state index contributed by atoms with van der Waals surface area (Å²) in [5.41, 5.74) is 1.19. The Morgan fingerprint density at radius 1 is 1.10 bits per heavy atom. The molecule has 0 saturated heterocycles. The van der Waals surface area contributed by atoms with Crippen molar-refractivity contribution < 1.29 is 4.39 Å². The van der Waals surface area contributed by atoms with Crippen LogP contribution in [0.4, 0.5) is 4.39 Å². The van der Waals surface area contributed by atoms with Crippen molar-refractivity contribution in [3.8, 4) is 5.69 Å². The fourth-order valence-electron chi connectivity index (χ4n) is 2.27. The molecule has 3 rings (SSSR count). The van der Waals surface area contributed by atoms with Crippen molar-refractivity contribution in [1.29, 1.82) is 0 Å². The standard InChI is InChI=1S/C16H13FN2O/c1-2-15-18-14-6-4-3-5-13(14)16(20)19(15)12-9-7-11(17)8-10-12/h3-10H,2H2,1H3. The Morgan fingerprint density at radius 3 is 2.50 bits per heavy atom. The molecule has 0 unspecified atom stereocenters. The van der Waals surface area contributed by atoms with Crippen LogP contribution in [0.1, 0.15) is 12.7 Å². The Balaban J connectivity index is 2.36. The molecule has 0 atom stereocenters. The van der Waals surface area contributed by atoms with Gasteiger partial charge in [0.15, 0.2) is 0 Å². The Hall–Kier alpha value is -2.49. The van der Waals surface area contributed by atoms with Crippen LogP contribution in [0.5, 0.6) is 0 Å². The third kappa shape index (κ3) is 1.99. The molecule has 0 amide bonds. The number of fused-ring (bicyclic) bond motifs is 1. The molecule has 1 aromatic heterocycles. The predicted octanol–water partition coefficient (Wildman–Crippen LogP) is 3.09. The van der Waals surface area contributed by atoms with E-state index in [2.05, 4.69) is 4.98 Å². The second-order valence-corrected chi connectivity index (χ2v) is 4.52. The van der Waals surface area contributed by atoms with Crippen LogP contribution in [0.15, 0.2) is 53.3 Å². The molecule has 0 bridgehead atoms. The van der Waals surface area contributed by atoms with E-state index in [9.17, 15) is 9.18 Å². The normalized spacial score (nSPS) is 10.9. The van der Waals surface area contributed by atoms with Crippen LogP contribution in [0.3, 0.4) is 0 Å². The average Bonchev–Trinajstić information content (AvgIpc) is 2.48. The predicted molar refractivity (Wildman–Crippen MR) is 76.7 cm³/mol. The summed E-state index contributed by atoms with van der Waals surface area (Å²) in [6.07, 6.45) is 0.622. The highest BCUT2D eigenvalue weighted by molar-refractivity contribution is 5.77. The number of hydrogen-bond donors (Lipinski definition) is 0. The molecule has 0 aliphatic heterocycles. The third-order valence-electron chi connectivity index (χ3n) is 3.25. The maximum atomic E-state index is 13.0. The van der Waals surface area contributed by atoms with E-state index < -0.39 is 0 Å². The van der Waals surface area contributed by atoms with Gasteiger partial charge in [0, 0.05) is 6.42 Å². The Bertz CT molecular complexity index is 822. The number of benzene rings is 2. The number of halogens is 1. The highest BCUT2D eigenvalue weighted by atomic mass is 19.1. The summed E-state index contributed by atoms with van der Waals surface area (Å²) in [4.78, 5) is 17.1. The third-order valence-corrected chi connectivity index (χ3v) is 3.25.